The molecule has 4 rings (SSSR count). The third-order valence-corrected chi connectivity index (χ3v) is 5.21. The number of piperidine rings is 1. The summed E-state index contributed by atoms with van der Waals surface area (Å²) in [7, 11) is 0. The van der Waals surface area contributed by atoms with E-state index in [0.717, 1.165) is 25.3 Å². The summed E-state index contributed by atoms with van der Waals surface area (Å²) < 4.78 is 39.4. The Hall–Kier alpha value is -2.65. The van der Waals surface area contributed by atoms with Gasteiger partial charge in [-0.2, -0.15) is 13.2 Å². The molecule has 7 nitrogen and oxygen atoms in total. The van der Waals surface area contributed by atoms with Crippen LogP contribution in [0.15, 0.2) is 18.2 Å². The Morgan fingerprint density at radius 3 is 2.52 bits per heavy atom. The van der Waals surface area contributed by atoms with E-state index >= 15 is 0 Å². The molecule has 25 heavy (non-hydrogen) atoms. The number of carbonyl (C=O) groups is 2. The van der Waals surface area contributed by atoms with Crippen molar-refractivity contribution in [3.8, 4) is 0 Å². The lowest BCUT2D eigenvalue weighted by Crippen LogP contribution is -2.40. The summed E-state index contributed by atoms with van der Waals surface area (Å²) in [6.07, 6.45) is -2.64. The average Bonchev–Trinajstić information content (AvgIpc) is 3.20. The molecule has 0 radical (unpaired) electrons. The minimum Gasteiger partial charge on any atom is -0.309 e. The minimum absolute atomic E-state index is 0.0339. The SMILES string of the molecule is O=C1[C@@H]2[C@@H]3CC[C@@H](C3)N2C(=O)N1c1ccc([N+](=O)[O-])c(C(F)(F)F)c1. The van der Waals surface area contributed by atoms with E-state index in [0.29, 0.717) is 17.0 Å². The first-order valence-corrected chi connectivity index (χ1v) is 7.72. The van der Waals surface area contributed by atoms with Crippen molar-refractivity contribution in [2.45, 2.75) is 37.5 Å². The molecule has 3 atom stereocenters. The number of hydrogen-bond acceptors (Lipinski definition) is 4. The second-order valence-electron chi connectivity index (χ2n) is 6.49. The molecular formula is C15H12F3N3O4. The van der Waals surface area contributed by atoms with Gasteiger partial charge in [-0.25, -0.2) is 9.69 Å². The van der Waals surface area contributed by atoms with Crippen molar-refractivity contribution in [2.75, 3.05) is 4.90 Å². The number of rotatable bonds is 2. The first kappa shape index (κ1) is 15.9. The van der Waals surface area contributed by atoms with Gasteiger partial charge in [0, 0.05) is 12.1 Å². The topological polar surface area (TPSA) is 83.8 Å². The third kappa shape index (κ3) is 2.12. The summed E-state index contributed by atoms with van der Waals surface area (Å²) in [5.41, 5.74) is -2.89. The molecule has 1 saturated carbocycles. The summed E-state index contributed by atoms with van der Waals surface area (Å²) >= 11 is 0. The summed E-state index contributed by atoms with van der Waals surface area (Å²) in [6, 6.07) is 0.846. The van der Waals surface area contributed by atoms with Gasteiger partial charge in [0.15, 0.2) is 0 Å². The number of imide groups is 1. The van der Waals surface area contributed by atoms with Crippen molar-refractivity contribution in [1.29, 1.82) is 0 Å². The summed E-state index contributed by atoms with van der Waals surface area (Å²) in [6.45, 7) is 0. The molecule has 3 aliphatic rings. The van der Waals surface area contributed by atoms with Crippen LogP contribution in [-0.2, 0) is 11.0 Å². The molecule has 132 valence electrons. The predicted octanol–water partition coefficient (Wildman–Crippen LogP) is 2.93. The molecule has 1 aliphatic carbocycles. The van der Waals surface area contributed by atoms with Gasteiger partial charge in [0.25, 0.3) is 11.6 Å². The molecule has 0 aromatic heterocycles. The van der Waals surface area contributed by atoms with E-state index in [2.05, 4.69) is 0 Å². The molecule has 2 aliphatic heterocycles. The Bertz CT molecular complexity index is 782. The van der Waals surface area contributed by atoms with Crippen molar-refractivity contribution < 1.29 is 27.7 Å². The van der Waals surface area contributed by atoms with Gasteiger partial charge in [-0.05, 0) is 37.3 Å². The van der Waals surface area contributed by atoms with Crippen molar-refractivity contribution in [3.63, 3.8) is 0 Å². The van der Waals surface area contributed by atoms with Crippen molar-refractivity contribution in [3.05, 3.63) is 33.9 Å². The number of halogens is 3. The number of anilines is 1. The van der Waals surface area contributed by atoms with Crippen LogP contribution >= 0.6 is 0 Å². The van der Waals surface area contributed by atoms with Crippen LogP contribution < -0.4 is 4.90 Å². The van der Waals surface area contributed by atoms with E-state index in [1.54, 1.807) is 0 Å². The van der Waals surface area contributed by atoms with Crippen LogP contribution in [0.2, 0.25) is 0 Å². The van der Waals surface area contributed by atoms with Gasteiger partial charge < -0.3 is 4.90 Å². The Balaban J connectivity index is 1.77. The number of hydrogen-bond donors (Lipinski definition) is 0. The first-order chi connectivity index (χ1) is 11.7. The lowest BCUT2D eigenvalue weighted by molar-refractivity contribution is -0.388. The van der Waals surface area contributed by atoms with Crippen LogP contribution in [0.3, 0.4) is 0 Å². The molecular weight excluding hydrogens is 343 g/mol. The maximum absolute atomic E-state index is 13.1. The largest absolute Gasteiger partial charge is 0.423 e. The van der Waals surface area contributed by atoms with E-state index in [-0.39, 0.29) is 17.6 Å². The number of nitro groups is 1. The number of alkyl halides is 3. The maximum atomic E-state index is 13.1. The summed E-state index contributed by atoms with van der Waals surface area (Å²) in [5.74, 6) is -0.522. The molecule has 3 amide bonds. The van der Waals surface area contributed by atoms with Gasteiger partial charge in [-0.3, -0.25) is 14.9 Å². The van der Waals surface area contributed by atoms with Crippen LogP contribution in [0, 0.1) is 16.0 Å². The molecule has 1 aromatic rings. The Morgan fingerprint density at radius 1 is 1.20 bits per heavy atom. The highest BCUT2D eigenvalue weighted by Gasteiger charge is 2.59. The van der Waals surface area contributed by atoms with Gasteiger partial charge in [-0.1, -0.05) is 0 Å². The van der Waals surface area contributed by atoms with E-state index in [9.17, 15) is 32.9 Å². The average molecular weight is 355 g/mol. The van der Waals surface area contributed by atoms with Gasteiger partial charge in [0.2, 0.25) is 0 Å². The van der Waals surface area contributed by atoms with Crippen LogP contribution in [0.25, 0.3) is 0 Å². The van der Waals surface area contributed by atoms with Crippen molar-refractivity contribution in [1.82, 2.24) is 4.90 Å². The number of benzene rings is 1. The van der Waals surface area contributed by atoms with Gasteiger partial charge >= 0.3 is 12.2 Å². The molecule has 2 saturated heterocycles. The summed E-state index contributed by atoms with van der Waals surface area (Å²) in [4.78, 5) is 37.1. The molecule has 1 aromatic carbocycles. The van der Waals surface area contributed by atoms with Gasteiger partial charge in [0.05, 0.1) is 10.6 Å². The molecule has 2 heterocycles. The fraction of sp³-hybridized carbons (Fsp3) is 0.467. The van der Waals surface area contributed by atoms with Crippen LogP contribution in [0.4, 0.5) is 29.3 Å². The number of nitro benzene ring substituents is 1. The highest BCUT2D eigenvalue weighted by Crippen LogP contribution is 2.48. The molecule has 10 heteroatoms. The Labute approximate surface area is 139 Å². The second-order valence-corrected chi connectivity index (χ2v) is 6.49. The normalized spacial score (nSPS) is 28.0. The van der Waals surface area contributed by atoms with E-state index in [4.69, 9.17) is 0 Å². The second kappa shape index (κ2) is 4.93. The Kier molecular flexibility index (Phi) is 3.13. The minimum atomic E-state index is -4.97. The van der Waals surface area contributed by atoms with E-state index in [1.807, 2.05) is 0 Å². The summed E-state index contributed by atoms with van der Waals surface area (Å²) in [5, 5.41) is 10.8. The predicted molar refractivity (Wildman–Crippen MR) is 77.7 cm³/mol. The molecule has 0 unspecified atom stereocenters. The zero-order chi connectivity index (χ0) is 18.1. The highest BCUT2D eigenvalue weighted by atomic mass is 19.4. The first-order valence-electron chi connectivity index (χ1n) is 7.72. The molecule has 3 fully saturated rings. The standard InChI is InChI=1S/C15H12F3N3O4/c16-15(17,18)10-6-9(3-4-11(10)21(24)25)20-13(22)12-7-1-2-8(5-7)19(12)14(20)23/h3-4,6-8,12H,1-2,5H2/t7-,8+,12+/m1/s1. The lowest BCUT2D eigenvalue weighted by Gasteiger charge is -2.25. The van der Waals surface area contributed by atoms with E-state index < -0.39 is 40.3 Å². The third-order valence-electron chi connectivity index (χ3n) is 5.21. The zero-order valence-electron chi connectivity index (χ0n) is 12.7. The molecule has 0 N–H and O–H groups in total. The maximum Gasteiger partial charge on any atom is 0.423 e. The smallest absolute Gasteiger partial charge is 0.309 e. The van der Waals surface area contributed by atoms with Crippen LogP contribution in [0.1, 0.15) is 24.8 Å². The van der Waals surface area contributed by atoms with Crippen LogP contribution in [0.5, 0.6) is 0 Å². The van der Waals surface area contributed by atoms with Gasteiger partial charge in [0.1, 0.15) is 11.6 Å². The number of urea groups is 1. The van der Waals surface area contributed by atoms with Crippen molar-refractivity contribution >= 4 is 23.3 Å². The highest BCUT2D eigenvalue weighted by molar-refractivity contribution is 6.22. The van der Waals surface area contributed by atoms with Crippen molar-refractivity contribution in [2.24, 2.45) is 5.92 Å². The number of fused-ring (bicyclic) bond motifs is 5. The molecule has 2 bridgehead atoms. The quantitative estimate of drug-likeness (QED) is 0.464. The monoisotopic (exact) mass is 355 g/mol. The number of amides is 3. The van der Waals surface area contributed by atoms with E-state index in [1.165, 1.54) is 4.90 Å². The fourth-order valence-corrected chi connectivity index (χ4v) is 4.21. The molecule has 0 spiro atoms. The fourth-order valence-electron chi connectivity index (χ4n) is 4.21. The zero-order valence-corrected chi connectivity index (χ0v) is 12.7. The number of nitrogens with zero attached hydrogens (tertiary/aromatic N) is 3. The van der Waals surface area contributed by atoms with Crippen LogP contribution in [-0.4, -0.2) is 33.8 Å². The lowest BCUT2D eigenvalue weighted by atomic mass is 9.99. The van der Waals surface area contributed by atoms with Gasteiger partial charge in [-0.15, -0.1) is 0 Å². The Morgan fingerprint density at radius 2 is 1.92 bits per heavy atom. The number of carbonyl (C=O) groups excluding carboxylic acids is 2.